The molecule has 0 radical (unpaired) electrons. The smallest absolute Gasteiger partial charge is 0.181 e. The lowest BCUT2D eigenvalue weighted by atomic mass is 10.1. The Morgan fingerprint density at radius 1 is 1.32 bits per heavy atom. The van der Waals surface area contributed by atoms with Crippen LogP contribution in [0.5, 0.6) is 0 Å². The minimum atomic E-state index is 0.488. The van der Waals surface area contributed by atoms with Crippen LogP contribution in [0.25, 0.3) is 11.4 Å². The Morgan fingerprint density at radius 3 is 2.89 bits per heavy atom. The van der Waals surface area contributed by atoms with Gasteiger partial charge in [-0.15, -0.1) is 5.10 Å². The molecule has 6 heteroatoms. The Morgan fingerprint density at radius 2 is 2.16 bits per heavy atom. The number of ether oxygens (including phenoxy) is 1. The number of nitrogens with zero attached hydrogens (tertiary/aromatic N) is 4. The lowest BCUT2D eigenvalue weighted by Crippen LogP contribution is -2.27. The third-order valence-corrected chi connectivity index (χ3v) is 3.33. The van der Waals surface area contributed by atoms with E-state index in [1.165, 1.54) is 0 Å². The predicted octanol–water partition coefficient (Wildman–Crippen LogP) is 1.47. The molecule has 1 aliphatic rings. The average molecular weight is 259 g/mol. The van der Waals surface area contributed by atoms with Gasteiger partial charge in [-0.1, -0.05) is 12.1 Å². The molecule has 6 nitrogen and oxygen atoms in total. The summed E-state index contributed by atoms with van der Waals surface area (Å²) in [5.41, 5.74) is 2.12. The van der Waals surface area contributed by atoms with Gasteiger partial charge in [0, 0.05) is 37.6 Å². The molecule has 0 spiro atoms. The summed E-state index contributed by atoms with van der Waals surface area (Å²) in [4.78, 5) is 0. The monoisotopic (exact) mass is 259 g/mol. The molecule has 19 heavy (non-hydrogen) atoms. The summed E-state index contributed by atoms with van der Waals surface area (Å²) in [6.07, 6.45) is 2.10. The summed E-state index contributed by atoms with van der Waals surface area (Å²) in [5, 5.41) is 15.1. The van der Waals surface area contributed by atoms with Gasteiger partial charge >= 0.3 is 0 Å². The average Bonchev–Trinajstić information content (AvgIpc) is 2.86. The molecule has 0 saturated carbocycles. The second-order valence-corrected chi connectivity index (χ2v) is 4.74. The number of tetrazole rings is 1. The van der Waals surface area contributed by atoms with Crippen LogP contribution in [-0.2, 0) is 11.8 Å². The van der Waals surface area contributed by atoms with E-state index in [1.54, 1.807) is 4.68 Å². The molecule has 1 fully saturated rings. The largest absolute Gasteiger partial charge is 0.382 e. The Hall–Kier alpha value is -1.95. The second-order valence-electron chi connectivity index (χ2n) is 4.74. The zero-order chi connectivity index (χ0) is 13.1. The first-order chi connectivity index (χ1) is 9.33. The number of hydrogen-bond donors (Lipinski definition) is 1. The summed E-state index contributed by atoms with van der Waals surface area (Å²) in [6, 6.07) is 8.68. The van der Waals surface area contributed by atoms with E-state index in [0.717, 1.165) is 43.1 Å². The Kier molecular flexibility index (Phi) is 3.41. The molecular weight excluding hydrogens is 242 g/mol. The first-order valence-corrected chi connectivity index (χ1v) is 6.50. The van der Waals surface area contributed by atoms with Gasteiger partial charge in [-0.2, -0.15) is 0 Å². The summed E-state index contributed by atoms with van der Waals surface area (Å²) < 4.78 is 7.04. The number of rotatable bonds is 3. The van der Waals surface area contributed by atoms with Crippen LogP contribution in [0.2, 0.25) is 0 Å². The van der Waals surface area contributed by atoms with Gasteiger partial charge in [0.05, 0.1) is 0 Å². The second kappa shape index (κ2) is 5.36. The highest BCUT2D eigenvalue weighted by molar-refractivity contribution is 5.62. The molecule has 2 aromatic rings. The van der Waals surface area contributed by atoms with Gasteiger partial charge in [-0.3, -0.25) is 0 Å². The molecule has 100 valence electrons. The van der Waals surface area contributed by atoms with Crippen LogP contribution in [0.4, 0.5) is 5.69 Å². The molecule has 0 atom stereocenters. The number of benzene rings is 1. The Labute approximate surface area is 111 Å². The predicted molar refractivity (Wildman–Crippen MR) is 71.7 cm³/mol. The summed E-state index contributed by atoms with van der Waals surface area (Å²) in [6.45, 7) is 1.68. The van der Waals surface area contributed by atoms with Gasteiger partial charge in [-0.05, 0) is 35.4 Å². The maximum atomic E-state index is 5.37. The molecule has 0 aliphatic carbocycles. The van der Waals surface area contributed by atoms with Crippen molar-refractivity contribution in [3.05, 3.63) is 24.3 Å². The van der Waals surface area contributed by atoms with Crippen molar-refractivity contribution in [3.8, 4) is 11.4 Å². The maximum Gasteiger partial charge on any atom is 0.181 e. The molecule has 0 bridgehead atoms. The van der Waals surface area contributed by atoms with Crippen LogP contribution < -0.4 is 5.32 Å². The molecule has 1 aromatic carbocycles. The van der Waals surface area contributed by atoms with Crippen molar-refractivity contribution in [2.75, 3.05) is 18.5 Å². The van der Waals surface area contributed by atoms with Crippen LogP contribution in [0.15, 0.2) is 24.3 Å². The summed E-state index contributed by atoms with van der Waals surface area (Å²) >= 11 is 0. The van der Waals surface area contributed by atoms with Gasteiger partial charge in [-0.25, -0.2) is 4.68 Å². The highest BCUT2D eigenvalue weighted by atomic mass is 16.5. The molecule has 0 amide bonds. The van der Waals surface area contributed by atoms with Gasteiger partial charge in [0.25, 0.3) is 0 Å². The van der Waals surface area contributed by atoms with Gasteiger partial charge < -0.3 is 10.1 Å². The lowest BCUT2D eigenvalue weighted by molar-refractivity contribution is 0.0904. The molecule has 1 aromatic heterocycles. The van der Waals surface area contributed by atoms with E-state index in [0.29, 0.717) is 6.04 Å². The zero-order valence-electron chi connectivity index (χ0n) is 10.9. The molecule has 1 aliphatic heterocycles. The van der Waals surface area contributed by atoms with Crippen molar-refractivity contribution in [2.45, 2.75) is 18.9 Å². The van der Waals surface area contributed by atoms with E-state index in [4.69, 9.17) is 4.74 Å². The van der Waals surface area contributed by atoms with Crippen LogP contribution in [-0.4, -0.2) is 39.5 Å². The Balaban J connectivity index is 1.78. The van der Waals surface area contributed by atoms with E-state index in [1.807, 2.05) is 19.2 Å². The van der Waals surface area contributed by atoms with Crippen LogP contribution >= 0.6 is 0 Å². The minimum Gasteiger partial charge on any atom is -0.382 e. The van der Waals surface area contributed by atoms with Crippen LogP contribution in [0, 0.1) is 0 Å². The topological polar surface area (TPSA) is 64.9 Å². The molecular formula is C13H17N5O. The quantitative estimate of drug-likeness (QED) is 0.904. The molecule has 1 saturated heterocycles. The van der Waals surface area contributed by atoms with E-state index < -0.39 is 0 Å². The molecule has 1 N–H and O–H groups in total. The van der Waals surface area contributed by atoms with Gasteiger partial charge in [0.15, 0.2) is 5.82 Å². The number of nitrogens with one attached hydrogen (secondary N) is 1. The van der Waals surface area contributed by atoms with Gasteiger partial charge in [0.1, 0.15) is 0 Å². The van der Waals surface area contributed by atoms with Crippen molar-refractivity contribution in [3.63, 3.8) is 0 Å². The van der Waals surface area contributed by atoms with E-state index in [9.17, 15) is 0 Å². The first kappa shape index (κ1) is 12.1. The Bertz CT molecular complexity index is 547. The van der Waals surface area contributed by atoms with Crippen molar-refractivity contribution < 1.29 is 4.74 Å². The molecule has 2 heterocycles. The van der Waals surface area contributed by atoms with E-state index >= 15 is 0 Å². The summed E-state index contributed by atoms with van der Waals surface area (Å²) in [5.74, 6) is 0.774. The van der Waals surface area contributed by atoms with Crippen molar-refractivity contribution in [1.82, 2.24) is 20.2 Å². The van der Waals surface area contributed by atoms with E-state index in [-0.39, 0.29) is 0 Å². The highest BCUT2D eigenvalue weighted by Gasteiger charge is 2.14. The van der Waals surface area contributed by atoms with Crippen molar-refractivity contribution in [1.29, 1.82) is 0 Å². The van der Waals surface area contributed by atoms with Crippen LogP contribution in [0.1, 0.15) is 12.8 Å². The first-order valence-electron chi connectivity index (χ1n) is 6.50. The van der Waals surface area contributed by atoms with Crippen molar-refractivity contribution in [2.24, 2.45) is 7.05 Å². The maximum absolute atomic E-state index is 5.37. The van der Waals surface area contributed by atoms with Crippen LogP contribution in [0.3, 0.4) is 0 Å². The minimum absolute atomic E-state index is 0.488. The lowest BCUT2D eigenvalue weighted by Gasteiger charge is -2.24. The number of aromatic nitrogens is 4. The molecule has 0 unspecified atom stereocenters. The normalized spacial score (nSPS) is 16.5. The van der Waals surface area contributed by atoms with Gasteiger partial charge in [0.2, 0.25) is 0 Å². The summed E-state index contributed by atoms with van der Waals surface area (Å²) in [7, 11) is 1.84. The third-order valence-electron chi connectivity index (χ3n) is 3.33. The van der Waals surface area contributed by atoms with Crippen molar-refractivity contribution >= 4 is 5.69 Å². The fraction of sp³-hybridized carbons (Fsp3) is 0.462. The number of hydrogen-bond acceptors (Lipinski definition) is 5. The SMILES string of the molecule is Cn1nnnc1-c1cccc(NC2CCOCC2)c1. The van der Waals surface area contributed by atoms with E-state index in [2.05, 4.69) is 33.0 Å². The third kappa shape index (κ3) is 2.73. The fourth-order valence-corrected chi connectivity index (χ4v) is 2.30. The standard InChI is InChI=1S/C13H17N5O/c1-18-13(15-16-17-18)10-3-2-4-12(9-10)14-11-5-7-19-8-6-11/h2-4,9,11,14H,5-8H2,1H3. The zero-order valence-corrected chi connectivity index (χ0v) is 10.9. The molecule has 3 rings (SSSR count). The number of anilines is 1. The highest BCUT2D eigenvalue weighted by Crippen LogP contribution is 2.21. The number of aryl methyl sites for hydroxylation is 1. The fourth-order valence-electron chi connectivity index (χ4n) is 2.30.